The van der Waals surface area contributed by atoms with Crippen LogP contribution in [-0.4, -0.2) is 11.6 Å². The van der Waals surface area contributed by atoms with Gasteiger partial charge in [-0.15, -0.1) is 0 Å². The maximum atomic E-state index is 12.7. The van der Waals surface area contributed by atoms with Crippen molar-refractivity contribution in [2.75, 3.05) is 0 Å². The molecule has 3 aliphatic carbocycles. The predicted octanol–water partition coefficient (Wildman–Crippen LogP) is 4.96. The fourth-order valence-electron chi connectivity index (χ4n) is 6.98. The van der Waals surface area contributed by atoms with Crippen molar-refractivity contribution in [3.63, 3.8) is 0 Å². The van der Waals surface area contributed by atoms with Gasteiger partial charge in [-0.2, -0.15) is 0 Å². The van der Waals surface area contributed by atoms with Crippen molar-refractivity contribution in [1.82, 2.24) is 0 Å². The minimum Gasteiger partial charge on any atom is -0.458 e. The second kappa shape index (κ2) is 4.51. The first-order valence-corrected chi connectivity index (χ1v) is 9.57. The molecule has 2 bridgehead atoms. The van der Waals surface area contributed by atoms with E-state index in [2.05, 4.69) is 27.7 Å². The quantitative estimate of drug-likeness (QED) is 0.640. The normalized spacial score (nSPS) is 53.9. The standard InChI is InChI=1S/C20H32O2/c1-13(2)14-8-11-19(4)15(12-14)6-7-16-18(3)9-5-10-20(16,19)22-17(18)21/h13-16H,5-12H2,1-4H3/t14-,15-,16+,18+,19+,20+/m1/s1. The van der Waals surface area contributed by atoms with Crippen LogP contribution in [0.5, 0.6) is 0 Å². The Labute approximate surface area is 135 Å². The van der Waals surface area contributed by atoms with Crippen molar-refractivity contribution in [3.8, 4) is 0 Å². The SMILES string of the molecule is CC(C)[C@@H]1CC[C@@]2(C)[C@H](CC[C@@H]3[C@@]24CCC[C@]3(C)C(=O)O4)C1. The summed E-state index contributed by atoms with van der Waals surface area (Å²) in [5.41, 5.74) is -0.0712. The lowest BCUT2D eigenvalue weighted by molar-refractivity contribution is -0.201. The van der Waals surface area contributed by atoms with E-state index in [0.29, 0.717) is 5.92 Å². The number of ether oxygens (including phenoxy) is 1. The third kappa shape index (κ3) is 1.60. The zero-order valence-electron chi connectivity index (χ0n) is 14.8. The number of esters is 1. The van der Waals surface area contributed by atoms with Crippen LogP contribution in [0.15, 0.2) is 0 Å². The van der Waals surface area contributed by atoms with Crippen molar-refractivity contribution in [2.24, 2.45) is 34.5 Å². The van der Waals surface area contributed by atoms with Crippen molar-refractivity contribution in [3.05, 3.63) is 0 Å². The van der Waals surface area contributed by atoms with Gasteiger partial charge in [0, 0.05) is 11.3 Å². The predicted molar refractivity (Wildman–Crippen MR) is 87.3 cm³/mol. The average molecular weight is 304 g/mol. The Bertz CT molecular complexity index is 498. The number of carbonyl (C=O) groups excluding carboxylic acids is 1. The van der Waals surface area contributed by atoms with Crippen molar-refractivity contribution in [2.45, 2.75) is 84.7 Å². The van der Waals surface area contributed by atoms with Gasteiger partial charge < -0.3 is 4.74 Å². The highest BCUT2D eigenvalue weighted by molar-refractivity contribution is 5.81. The highest BCUT2D eigenvalue weighted by Crippen LogP contribution is 2.70. The fraction of sp³-hybridized carbons (Fsp3) is 0.950. The van der Waals surface area contributed by atoms with Gasteiger partial charge in [-0.05, 0) is 76.0 Å². The molecular weight excluding hydrogens is 272 g/mol. The van der Waals surface area contributed by atoms with Gasteiger partial charge in [0.1, 0.15) is 5.60 Å². The molecule has 0 N–H and O–H groups in total. The summed E-state index contributed by atoms with van der Waals surface area (Å²) in [6, 6.07) is 0. The second-order valence-electron chi connectivity index (χ2n) is 9.57. The molecule has 2 nitrogen and oxygen atoms in total. The molecule has 0 unspecified atom stereocenters. The Hall–Kier alpha value is -0.530. The van der Waals surface area contributed by atoms with E-state index in [4.69, 9.17) is 4.74 Å². The van der Waals surface area contributed by atoms with E-state index in [9.17, 15) is 4.79 Å². The molecule has 4 aliphatic rings. The lowest BCUT2D eigenvalue weighted by atomic mass is 9.43. The van der Waals surface area contributed by atoms with Gasteiger partial charge >= 0.3 is 5.97 Å². The molecule has 6 atom stereocenters. The Kier molecular flexibility index (Phi) is 3.08. The van der Waals surface area contributed by atoms with Gasteiger partial charge in [0.25, 0.3) is 0 Å². The van der Waals surface area contributed by atoms with E-state index in [0.717, 1.165) is 30.6 Å². The van der Waals surface area contributed by atoms with Crippen LogP contribution in [0.1, 0.15) is 79.1 Å². The van der Waals surface area contributed by atoms with E-state index < -0.39 is 0 Å². The fourth-order valence-corrected chi connectivity index (χ4v) is 6.98. The Balaban J connectivity index is 1.72. The summed E-state index contributed by atoms with van der Waals surface area (Å²) in [6.45, 7) is 9.43. The number of fused-ring (bicyclic) bond motifs is 1. The van der Waals surface area contributed by atoms with Crippen LogP contribution < -0.4 is 0 Å². The molecule has 4 rings (SSSR count). The van der Waals surface area contributed by atoms with Crippen LogP contribution in [0.4, 0.5) is 0 Å². The number of hydrogen-bond acceptors (Lipinski definition) is 2. The van der Waals surface area contributed by atoms with Gasteiger partial charge in [0.2, 0.25) is 0 Å². The number of hydrogen-bond donors (Lipinski definition) is 0. The van der Waals surface area contributed by atoms with Gasteiger partial charge in [0.05, 0.1) is 5.41 Å². The molecule has 0 aromatic carbocycles. The first kappa shape index (κ1) is 15.0. The molecule has 0 aromatic rings. The van der Waals surface area contributed by atoms with Crippen LogP contribution in [0.3, 0.4) is 0 Å². The number of rotatable bonds is 1. The third-order valence-corrected chi connectivity index (χ3v) is 8.55. The lowest BCUT2D eigenvalue weighted by Crippen LogP contribution is -2.62. The van der Waals surface area contributed by atoms with Crippen molar-refractivity contribution >= 4 is 5.97 Å². The topological polar surface area (TPSA) is 26.3 Å². The van der Waals surface area contributed by atoms with Crippen LogP contribution >= 0.6 is 0 Å². The molecule has 0 aromatic heterocycles. The smallest absolute Gasteiger partial charge is 0.312 e. The van der Waals surface area contributed by atoms with Gasteiger partial charge in [-0.1, -0.05) is 20.8 Å². The van der Waals surface area contributed by atoms with Crippen LogP contribution in [-0.2, 0) is 9.53 Å². The summed E-state index contributed by atoms with van der Waals surface area (Å²) in [7, 11) is 0. The molecule has 1 heterocycles. The molecular formula is C20H32O2. The molecule has 0 spiro atoms. The van der Waals surface area contributed by atoms with Crippen LogP contribution in [0.25, 0.3) is 0 Å². The summed E-state index contributed by atoms with van der Waals surface area (Å²) in [6.07, 6.45) is 9.83. The largest absolute Gasteiger partial charge is 0.458 e. The third-order valence-electron chi connectivity index (χ3n) is 8.55. The minimum atomic E-state index is -0.179. The van der Waals surface area contributed by atoms with E-state index in [1.54, 1.807) is 0 Å². The molecule has 1 aliphatic heterocycles. The Morgan fingerprint density at radius 3 is 2.59 bits per heavy atom. The van der Waals surface area contributed by atoms with Gasteiger partial charge in [0.15, 0.2) is 0 Å². The van der Waals surface area contributed by atoms with E-state index >= 15 is 0 Å². The Morgan fingerprint density at radius 1 is 1.09 bits per heavy atom. The molecule has 3 saturated carbocycles. The summed E-state index contributed by atoms with van der Waals surface area (Å²) in [5.74, 6) is 3.04. The van der Waals surface area contributed by atoms with Gasteiger partial charge in [-0.3, -0.25) is 4.79 Å². The van der Waals surface area contributed by atoms with Crippen LogP contribution in [0.2, 0.25) is 0 Å². The van der Waals surface area contributed by atoms with Crippen molar-refractivity contribution < 1.29 is 9.53 Å². The van der Waals surface area contributed by atoms with E-state index in [-0.39, 0.29) is 22.4 Å². The highest BCUT2D eigenvalue weighted by atomic mass is 16.6. The molecule has 0 amide bonds. The maximum Gasteiger partial charge on any atom is 0.312 e. The number of carbonyl (C=O) groups is 1. The second-order valence-corrected chi connectivity index (χ2v) is 9.57. The molecule has 4 fully saturated rings. The molecule has 2 heteroatoms. The van der Waals surface area contributed by atoms with Gasteiger partial charge in [-0.25, -0.2) is 0 Å². The summed E-state index contributed by atoms with van der Waals surface area (Å²) >= 11 is 0. The van der Waals surface area contributed by atoms with Crippen LogP contribution in [0, 0.1) is 34.5 Å². The summed E-state index contributed by atoms with van der Waals surface area (Å²) in [5, 5.41) is 0. The monoisotopic (exact) mass is 304 g/mol. The molecule has 124 valence electrons. The molecule has 22 heavy (non-hydrogen) atoms. The van der Waals surface area contributed by atoms with E-state index in [1.165, 1.54) is 38.5 Å². The first-order valence-electron chi connectivity index (χ1n) is 9.57. The summed E-state index contributed by atoms with van der Waals surface area (Å²) < 4.78 is 6.31. The lowest BCUT2D eigenvalue weighted by Gasteiger charge is -2.61. The molecule has 0 radical (unpaired) electrons. The molecule has 1 saturated heterocycles. The summed E-state index contributed by atoms with van der Waals surface area (Å²) in [4.78, 5) is 12.7. The zero-order valence-corrected chi connectivity index (χ0v) is 14.8. The average Bonchev–Trinajstić information content (AvgIpc) is 2.59. The Morgan fingerprint density at radius 2 is 1.86 bits per heavy atom. The van der Waals surface area contributed by atoms with E-state index in [1.807, 2.05) is 0 Å². The highest BCUT2D eigenvalue weighted by Gasteiger charge is 2.73. The first-order chi connectivity index (χ1) is 10.3. The zero-order chi connectivity index (χ0) is 15.8. The maximum absolute atomic E-state index is 12.7. The minimum absolute atomic E-state index is 0.123. The van der Waals surface area contributed by atoms with Crippen molar-refractivity contribution in [1.29, 1.82) is 0 Å².